The van der Waals surface area contributed by atoms with Gasteiger partial charge in [-0.1, -0.05) is 13.0 Å². The summed E-state index contributed by atoms with van der Waals surface area (Å²) in [7, 11) is 5.05. The van der Waals surface area contributed by atoms with Crippen molar-refractivity contribution in [2.24, 2.45) is 4.99 Å². The van der Waals surface area contributed by atoms with Crippen LogP contribution in [0.15, 0.2) is 35.3 Å². The van der Waals surface area contributed by atoms with Gasteiger partial charge < -0.3 is 20.1 Å². The van der Waals surface area contributed by atoms with Crippen LogP contribution in [-0.4, -0.2) is 27.2 Å². The number of hydrogen-bond acceptors (Lipinski definition) is 4. The van der Waals surface area contributed by atoms with E-state index in [-0.39, 0.29) is 24.0 Å². The van der Waals surface area contributed by atoms with Gasteiger partial charge in [-0.15, -0.1) is 35.3 Å². The molecule has 0 unspecified atom stereocenters. The van der Waals surface area contributed by atoms with Gasteiger partial charge in [-0.3, -0.25) is 4.99 Å². The van der Waals surface area contributed by atoms with Gasteiger partial charge >= 0.3 is 0 Å². The van der Waals surface area contributed by atoms with E-state index in [4.69, 9.17) is 9.47 Å². The predicted molar refractivity (Wildman–Crippen MR) is 116 cm³/mol. The molecule has 2 aromatic rings. The Kier molecular flexibility index (Phi) is 9.66. The molecule has 0 aliphatic rings. The van der Waals surface area contributed by atoms with Crippen molar-refractivity contribution >= 4 is 41.3 Å². The number of guanidine groups is 1. The smallest absolute Gasteiger partial charge is 0.191 e. The molecule has 0 spiro atoms. The van der Waals surface area contributed by atoms with Gasteiger partial charge in [-0.05, 0) is 36.2 Å². The maximum atomic E-state index is 5.33. The lowest BCUT2D eigenvalue weighted by Crippen LogP contribution is -2.36. The number of aryl methyl sites for hydroxylation is 1. The number of aliphatic imine (C=N–C) groups is 1. The Balaban J connectivity index is 0.00000312. The number of hydrogen-bond donors (Lipinski definition) is 2. The monoisotopic (exact) mass is 475 g/mol. The van der Waals surface area contributed by atoms with Crippen LogP contribution < -0.4 is 20.1 Å². The third-order valence-corrected chi connectivity index (χ3v) is 4.86. The number of ether oxygens (including phenoxy) is 2. The third-order valence-electron chi connectivity index (χ3n) is 3.63. The molecule has 138 valence electrons. The summed E-state index contributed by atoms with van der Waals surface area (Å²) in [5.41, 5.74) is 1.10. The number of thiophene rings is 1. The molecule has 0 radical (unpaired) electrons. The van der Waals surface area contributed by atoms with E-state index in [0.717, 1.165) is 36.0 Å². The normalized spacial score (nSPS) is 10.8. The summed E-state index contributed by atoms with van der Waals surface area (Å²) in [5.74, 6) is 2.23. The quantitative estimate of drug-likeness (QED) is 0.364. The minimum Gasteiger partial charge on any atom is -0.493 e. The van der Waals surface area contributed by atoms with Crippen molar-refractivity contribution in [1.29, 1.82) is 0 Å². The Morgan fingerprint density at radius 3 is 2.28 bits per heavy atom. The molecule has 1 aromatic heterocycles. The molecule has 0 aliphatic carbocycles. The summed E-state index contributed by atoms with van der Waals surface area (Å²) >= 11 is 1.83. The lowest BCUT2D eigenvalue weighted by atomic mass is 10.2. The number of methoxy groups -OCH3 is 2. The minimum absolute atomic E-state index is 0. The fourth-order valence-electron chi connectivity index (χ4n) is 2.28. The van der Waals surface area contributed by atoms with Gasteiger partial charge in [0.15, 0.2) is 17.5 Å². The molecular formula is C18H26IN3O2S. The SMILES string of the molecule is CCc1ccc(CNC(=NC)NCc2ccc(OC)c(OC)c2)s1.I. The predicted octanol–water partition coefficient (Wildman–Crippen LogP) is 3.81. The van der Waals surface area contributed by atoms with Crippen LogP contribution in [0.3, 0.4) is 0 Å². The highest BCUT2D eigenvalue weighted by Crippen LogP contribution is 2.27. The maximum Gasteiger partial charge on any atom is 0.191 e. The van der Waals surface area contributed by atoms with Crippen LogP contribution in [0.5, 0.6) is 11.5 Å². The number of benzene rings is 1. The number of nitrogens with zero attached hydrogens (tertiary/aromatic N) is 1. The summed E-state index contributed by atoms with van der Waals surface area (Å²) in [5, 5.41) is 6.65. The molecule has 2 N–H and O–H groups in total. The average Bonchev–Trinajstić information content (AvgIpc) is 3.09. The molecule has 7 heteroatoms. The van der Waals surface area contributed by atoms with Crippen LogP contribution >= 0.6 is 35.3 Å². The lowest BCUT2D eigenvalue weighted by molar-refractivity contribution is 0.354. The van der Waals surface area contributed by atoms with Gasteiger partial charge in [0.1, 0.15) is 0 Å². The van der Waals surface area contributed by atoms with E-state index in [9.17, 15) is 0 Å². The van der Waals surface area contributed by atoms with Crippen LogP contribution in [0.25, 0.3) is 0 Å². The Bertz CT molecular complexity index is 689. The molecule has 0 atom stereocenters. The van der Waals surface area contributed by atoms with E-state index >= 15 is 0 Å². The summed E-state index contributed by atoms with van der Waals surface area (Å²) in [6.07, 6.45) is 1.08. The number of halogens is 1. The topological polar surface area (TPSA) is 54.9 Å². The first-order valence-corrected chi connectivity index (χ1v) is 8.74. The van der Waals surface area contributed by atoms with E-state index in [1.54, 1.807) is 21.3 Å². The van der Waals surface area contributed by atoms with Gasteiger partial charge in [0.2, 0.25) is 0 Å². The maximum absolute atomic E-state index is 5.33. The van der Waals surface area contributed by atoms with Gasteiger partial charge in [-0.2, -0.15) is 0 Å². The van der Waals surface area contributed by atoms with Crippen molar-refractivity contribution < 1.29 is 9.47 Å². The minimum atomic E-state index is 0. The highest BCUT2D eigenvalue weighted by molar-refractivity contribution is 14.0. The molecule has 2 rings (SSSR count). The Morgan fingerprint density at radius 1 is 1.00 bits per heavy atom. The van der Waals surface area contributed by atoms with Crippen molar-refractivity contribution in [2.75, 3.05) is 21.3 Å². The van der Waals surface area contributed by atoms with E-state index in [0.29, 0.717) is 6.54 Å². The van der Waals surface area contributed by atoms with E-state index < -0.39 is 0 Å². The fourth-order valence-corrected chi connectivity index (χ4v) is 3.17. The van der Waals surface area contributed by atoms with Crippen molar-refractivity contribution in [2.45, 2.75) is 26.4 Å². The van der Waals surface area contributed by atoms with Crippen molar-refractivity contribution in [3.05, 3.63) is 45.6 Å². The zero-order chi connectivity index (χ0) is 17.4. The van der Waals surface area contributed by atoms with Crippen LogP contribution in [-0.2, 0) is 19.5 Å². The lowest BCUT2D eigenvalue weighted by Gasteiger charge is -2.13. The number of nitrogens with one attached hydrogen (secondary N) is 2. The standard InChI is InChI=1S/C18H25N3O2S.HI/c1-5-14-7-8-15(24-14)12-21-18(19-2)20-11-13-6-9-16(22-3)17(10-13)23-4;/h6-10H,5,11-12H2,1-4H3,(H2,19,20,21);1H. The Hall–Kier alpha value is -1.48. The van der Waals surface area contributed by atoms with Crippen molar-refractivity contribution in [3.8, 4) is 11.5 Å². The summed E-state index contributed by atoms with van der Waals surface area (Å²) in [6.45, 7) is 3.60. The molecule has 0 aliphatic heterocycles. The van der Waals surface area contributed by atoms with Gasteiger partial charge in [-0.25, -0.2) is 0 Å². The highest BCUT2D eigenvalue weighted by Gasteiger charge is 2.06. The first-order valence-electron chi connectivity index (χ1n) is 7.93. The highest BCUT2D eigenvalue weighted by atomic mass is 127. The van der Waals surface area contributed by atoms with E-state index in [1.165, 1.54) is 9.75 Å². The second-order valence-electron chi connectivity index (χ2n) is 5.19. The summed E-state index contributed by atoms with van der Waals surface area (Å²) in [6, 6.07) is 10.2. The largest absolute Gasteiger partial charge is 0.493 e. The second kappa shape index (κ2) is 11.2. The first kappa shape index (κ1) is 21.6. The van der Waals surface area contributed by atoms with Crippen LogP contribution in [0.1, 0.15) is 22.2 Å². The third kappa shape index (κ3) is 6.39. The van der Waals surface area contributed by atoms with Gasteiger partial charge in [0.25, 0.3) is 0 Å². The molecular weight excluding hydrogens is 449 g/mol. The average molecular weight is 475 g/mol. The van der Waals surface area contributed by atoms with Crippen LogP contribution in [0.4, 0.5) is 0 Å². The van der Waals surface area contributed by atoms with E-state index in [1.807, 2.05) is 29.5 Å². The Labute approximate surface area is 170 Å². The van der Waals surface area contributed by atoms with Gasteiger partial charge in [0, 0.05) is 23.3 Å². The fraction of sp³-hybridized carbons (Fsp3) is 0.389. The molecule has 0 saturated heterocycles. The Morgan fingerprint density at radius 2 is 1.68 bits per heavy atom. The van der Waals surface area contributed by atoms with Gasteiger partial charge in [0.05, 0.1) is 20.8 Å². The summed E-state index contributed by atoms with van der Waals surface area (Å²) in [4.78, 5) is 6.97. The zero-order valence-corrected chi connectivity index (χ0v) is 18.2. The number of rotatable bonds is 7. The molecule has 5 nitrogen and oxygen atoms in total. The molecule has 1 aromatic carbocycles. The second-order valence-corrected chi connectivity index (χ2v) is 6.44. The molecule has 0 fully saturated rings. The molecule has 25 heavy (non-hydrogen) atoms. The molecule has 0 bridgehead atoms. The first-order chi connectivity index (χ1) is 11.7. The molecule has 1 heterocycles. The molecule has 0 amide bonds. The van der Waals surface area contributed by atoms with E-state index in [2.05, 4.69) is 34.7 Å². The van der Waals surface area contributed by atoms with Crippen LogP contribution in [0, 0.1) is 0 Å². The van der Waals surface area contributed by atoms with Crippen LogP contribution in [0.2, 0.25) is 0 Å². The zero-order valence-electron chi connectivity index (χ0n) is 15.1. The van der Waals surface area contributed by atoms with Crippen molar-refractivity contribution in [3.63, 3.8) is 0 Å². The summed E-state index contributed by atoms with van der Waals surface area (Å²) < 4.78 is 10.6. The van der Waals surface area contributed by atoms with Crippen molar-refractivity contribution in [1.82, 2.24) is 10.6 Å². The molecule has 0 saturated carbocycles.